The first-order chi connectivity index (χ1) is 7.00. The van der Waals surface area contributed by atoms with Crippen LogP contribution in [0.25, 0.3) is 0 Å². The zero-order chi connectivity index (χ0) is 11.4. The van der Waals surface area contributed by atoms with Crippen LogP contribution in [-0.2, 0) is 4.79 Å². The highest BCUT2D eigenvalue weighted by atomic mass is 16.1. The van der Waals surface area contributed by atoms with Gasteiger partial charge in [-0.05, 0) is 34.1 Å². The van der Waals surface area contributed by atoms with Crippen molar-refractivity contribution in [3.63, 3.8) is 0 Å². The van der Waals surface area contributed by atoms with Crippen LogP contribution < -0.4 is 5.32 Å². The average Bonchev–Trinajstić information content (AvgIpc) is 2.50. The van der Waals surface area contributed by atoms with Crippen LogP contribution in [0.15, 0.2) is 0 Å². The van der Waals surface area contributed by atoms with Gasteiger partial charge in [-0.25, -0.2) is 0 Å². The number of carbonyl (C=O) groups is 1. The third-order valence-corrected chi connectivity index (χ3v) is 3.12. The predicted octanol–water partition coefficient (Wildman–Crippen LogP) is 1.43. The summed E-state index contributed by atoms with van der Waals surface area (Å²) in [4.78, 5) is 13.6. The molecule has 0 bridgehead atoms. The normalized spacial score (nSPS) is 22.3. The summed E-state index contributed by atoms with van der Waals surface area (Å²) in [6, 6.07) is 1.58. The Morgan fingerprint density at radius 2 is 1.93 bits per heavy atom. The van der Waals surface area contributed by atoms with Crippen LogP contribution in [0.3, 0.4) is 0 Å². The van der Waals surface area contributed by atoms with E-state index in [0.717, 1.165) is 19.4 Å². The minimum Gasteiger partial charge on any atom is -0.307 e. The van der Waals surface area contributed by atoms with Gasteiger partial charge in [-0.1, -0.05) is 0 Å². The first kappa shape index (κ1) is 12.7. The van der Waals surface area contributed by atoms with E-state index in [1.54, 1.807) is 0 Å². The molecule has 88 valence electrons. The van der Waals surface area contributed by atoms with E-state index in [2.05, 4.69) is 37.9 Å². The molecular formula is C12H24N2O. The maximum atomic E-state index is 11.1. The van der Waals surface area contributed by atoms with Crippen LogP contribution in [0.5, 0.6) is 0 Å². The number of nitrogens with one attached hydrogen (secondary N) is 1. The molecular weight excluding hydrogens is 188 g/mol. The number of hydrogen-bond acceptors (Lipinski definition) is 3. The molecule has 15 heavy (non-hydrogen) atoms. The molecule has 1 unspecified atom stereocenters. The molecule has 0 radical (unpaired) electrons. The maximum Gasteiger partial charge on any atom is 0.148 e. The minimum absolute atomic E-state index is 0.362. The number of nitrogens with zero attached hydrogens (tertiary/aromatic N) is 1. The lowest BCUT2D eigenvalue weighted by atomic mass is 10.1. The molecule has 1 heterocycles. The molecule has 0 amide bonds. The van der Waals surface area contributed by atoms with Crippen LogP contribution in [0.1, 0.15) is 40.5 Å². The van der Waals surface area contributed by atoms with Gasteiger partial charge in [-0.15, -0.1) is 0 Å². The molecule has 0 aromatic carbocycles. The molecule has 1 rings (SSSR count). The van der Waals surface area contributed by atoms with Gasteiger partial charge in [-0.3, -0.25) is 9.69 Å². The SMILES string of the molecule is CC(C)N(CCC1CC(=O)CN1)C(C)C. The van der Waals surface area contributed by atoms with Crippen molar-refractivity contribution in [2.24, 2.45) is 0 Å². The molecule has 3 nitrogen and oxygen atoms in total. The summed E-state index contributed by atoms with van der Waals surface area (Å²) in [5.74, 6) is 0.362. The summed E-state index contributed by atoms with van der Waals surface area (Å²) in [5, 5.41) is 3.26. The maximum absolute atomic E-state index is 11.1. The van der Waals surface area contributed by atoms with Crippen molar-refractivity contribution in [2.45, 2.75) is 58.7 Å². The van der Waals surface area contributed by atoms with Gasteiger partial charge < -0.3 is 5.32 Å². The highest BCUT2D eigenvalue weighted by Gasteiger charge is 2.22. The third kappa shape index (κ3) is 3.92. The molecule has 1 fully saturated rings. The highest BCUT2D eigenvalue weighted by molar-refractivity contribution is 5.83. The van der Waals surface area contributed by atoms with Gasteiger partial charge in [0.1, 0.15) is 5.78 Å². The quantitative estimate of drug-likeness (QED) is 0.748. The smallest absolute Gasteiger partial charge is 0.148 e. The first-order valence-corrected chi connectivity index (χ1v) is 6.01. The van der Waals surface area contributed by atoms with Gasteiger partial charge in [0, 0.05) is 31.1 Å². The Bertz CT molecular complexity index is 206. The van der Waals surface area contributed by atoms with Gasteiger partial charge in [0.05, 0.1) is 6.54 Å². The van der Waals surface area contributed by atoms with Crippen molar-refractivity contribution in [3.8, 4) is 0 Å². The van der Waals surface area contributed by atoms with E-state index in [4.69, 9.17) is 0 Å². The molecule has 1 saturated heterocycles. The summed E-state index contributed by atoms with van der Waals surface area (Å²) in [7, 11) is 0. The van der Waals surface area contributed by atoms with Crippen LogP contribution in [-0.4, -0.2) is 41.9 Å². The topological polar surface area (TPSA) is 32.3 Å². The molecule has 0 spiro atoms. The lowest BCUT2D eigenvalue weighted by molar-refractivity contribution is -0.116. The summed E-state index contributed by atoms with van der Waals surface area (Å²) < 4.78 is 0. The second kappa shape index (κ2) is 5.61. The summed E-state index contributed by atoms with van der Waals surface area (Å²) in [6.07, 6.45) is 1.81. The number of carbonyl (C=O) groups excluding carboxylic acids is 1. The monoisotopic (exact) mass is 212 g/mol. The van der Waals surface area contributed by atoms with E-state index in [1.807, 2.05) is 0 Å². The number of Topliss-reactive ketones (excluding diaryl/α,β-unsaturated/α-hetero) is 1. The van der Waals surface area contributed by atoms with Gasteiger partial charge in [0.15, 0.2) is 0 Å². The van der Waals surface area contributed by atoms with Crippen molar-refractivity contribution in [2.75, 3.05) is 13.1 Å². The number of ketones is 1. The Hall–Kier alpha value is -0.410. The zero-order valence-electron chi connectivity index (χ0n) is 10.4. The molecule has 0 saturated carbocycles. The van der Waals surface area contributed by atoms with E-state index < -0.39 is 0 Å². The largest absolute Gasteiger partial charge is 0.307 e. The lowest BCUT2D eigenvalue weighted by Gasteiger charge is -2.31. The van der Waals surface area contributed by atoms with Crippen LogP contribution in [0.2, 0.25) is 0 Å². The number of rotatable bonds is 5. The number of hydrogen-bond donors (Lipinski definition) is 1. The Balaban J connectivity index is 2.30. The van der Waals surface area contributed by atoms with Crippen LogP contribution in [0, 0.1) is 0 Å². The zero-order valence-corrected chi connectivity index (χ0v) is 10.4. The van der Waals surface area contributed by atoms with E-state index >= 15 is 0 Å². The fraction of sp³-hybridized carbons (Fsp3) is 0.917. The average molecular weight is 212 g/mol. The molecule has 0 aromatic heterocycles. The van der Waals surface area contributed by atoms with Crippen molar-refractivity contribution >= 4 is 5.78 Å². The molecule has 3 heteroatoms. The Kier molecular flexibility index (Phi) is 4.74. The summed E-state index contributed by atoms with van der Waals surface area (Å²) in [6.45, 7) is 10.6. The molecule has 1 aliphatic heterocycles. The third-order valence-electron chi connectivity index (χ3n) is 3.12. The second-order valence-corrected chi connectivity index (χ2v) is 5.03. The predicted molar refractivity (Wildman–Crippen MR) is 63.0 cm³/mol. The summed E-state index contributed by atoms with van der Waals surface area (Å²) in [5.41, 5.74) is 0. The fourth-order valence-corrected chi connectivity index (χ4v) is 2.30. The van der Waals surface area contributed by atoms with Crippen LogP contribution in [0.4, 0.5) is 0 Å². The second-order valence-electron chi connectivity index (χ2n) is 5.03. The van der Waals surface area contributed by atoms with Crippen LogP contribution >= 0.6 is 0 Å². The Morgan fingerprint density at radius 3 is 2.33 bits per heavy atom. The van der Waals surface area contributed by atoms with Gasteiger partial charge >= 0.3 is 0 Å². The Labute approximate surface area is 93.2 Å². The Morgan fingerprint density at radius 1 is 1.33 bits per heavy atom. The van der Waals surface area contributed by atoms with Gasteiger partial charge in [0.2, 0.25) is 0 Å². The molecule has 1 atom stereocenters. The summed E-state index contributed by atoms with van der Waals surface area (Å²) >= 11 is 0. The van der Waals surface area contributed by atoms with E-state index in [1.165, 1.54) is 0 Å². The lowest BCUT2D eigenvalue weighted by Crippen LogP contribution is -2.39. The minimum atomic E-state index is 0.362. The standard InChI is InChI=1S/C12H24N2O/c1-9(2)14(10(3)4)6-5-11-7-12(15)8-13-11/h9-11,13H,5-8H2,1-4H3. The van der Waals surface area contributed by atoms with Crippen molar-refractivity contribution in [1.29, 1.82) is 0 Å². The van der Waals surface area contributed by atoms with E-state index in [-0.39, 0.29) is 0 Å². The van der Waals surface area contributed by atoms with Gasteiger partial charge in [0.25, 0.3) is 0 Å². The molecule has 0 aliphatic carbocycles. The van der Waals surface area contributed by atoms with E-state index in [0.29, 0.717) is 30.5 Å². The van der Waals surface area contributed by atoms with Crippen molar-refractivity contribution < 1.29 is 4.79 Å². The first-order valence-electron chi connectivity index (χ1n) is 6.01. The van der Waals surface area contributed by atoms with Crippen molar-refractivity contribution in [3.05, 3.63) is 0 Å². The van der Waals surface area contributed by atoms with E-state index in [9.17, 15) is 4.79 Å². The molecule has 1 N–H and O–H groups in total. The van der Waals surface area contributed by atoms with Gasteiger partial charge in [-0.2, -0.15) is 0 Å². The molecule has 0 aromatic rings. The highest BCUT2D eigenvalue weighted by Crippen LogP contribution is 2.11. The fourth-order valence-electron chi connectivity index (χ4n) is 2.30. The molecule has 1 aliphatic rings. The van der Waals surface area contributed by atoms with Crippen molar-refractivity contribution in [1.82, 2.24) is 10.2 Å².